The van der Waals surface area contributed by atoms with Crippen molar-refractivity contribution in [1.29, 1.82) is 0 Å². The van der Waals surface area contributed by atoms with Crippen LogP contribution in [0.3, 0.4) is 0 Å². The molecule has 146 valence electrons. The second-order valence-corrected chi connectivity index (χ2v) is 8.43. The molecule has 2 aliphatic rings. The minimum atomic E-state index is -0.301. The van der Waals surface area contributed by atoms with Gasteiger partial charge in [-0.05, 0) is 60.2 Å². The van der Waals surface area contributed by atoms with E-state index >= 15 is 0 Å². The predicted octanol–water partition coefficient (Wildman–Crippen LogP) is 6.35. The van der Waals surface area contributed by atoms with Gasteiger partial charge in [0, 0.05) is 27.0 Å². The first-order valence-corrected chi connectivity index (χ1v) is 10.5. The molecular formula is C23H18BrClN2O2. The molecule has 3 aromatic carbocycles. The molecule has 0 saturated heterocycles. The van der Waals surface area contributed by atoms with E-state index in [9.17, 15) is 0 Å². The average Bonchev–Trinajstić information content (AvgIpc) is 3.20. The Morgan fingerprint density at radius 2 is 1.83 bits per heavy atom. The van der Waals surface area contributed by atoms with Crippen LogP contribution >= 0.6 is 27.5 Å². The van der Waals surface area contributed by atoms with E-state index in [1.165, 1.54) is 0 Å². The van der Waals surface area contributed by atoms with Gasteiger partial charge in [0.05, 0.1) is 18.9 Å². The van der Waals surface area contributed by atoms with Crippen molar-refractivity contribution in [3.8, 4) is 11.5 Å². The molecule has 0 saturated carbocycles. The van der Waals surface area contributed by atoms with Crippen LogP contribution in [0, 0.1) is 0 Å². The highest BCUT2D eigenvalue weighted by Gasteiger charge is 2.41. The molecule has 0 aliphatic carbocycles. The fraction of sp³-hybridized carbons (Fsp3) is 0.174. The van der Waals surface area contributed by atoms with E-state index in [0.29, 0.717) is 0 Å². The summed E-state index contributed by atoms with van der Waals surface area (Å²) in [6.45, 7) is 0. The van der Waals surface area contributed by atoms with Crippen molar-refractivity contribution in [3.63, 3.8) is 0 Å². The van der Waals surface area contributed by atoms with Crippen LogP contribution in [0.2, 0.25) is 5.02 Å². The summed E-state index contributed by atoms with van der Waals surface area (Å²) in [5.41, 5.74) is 4.28. The van der Waals surface area contributed by atoms with E-state index in [1.54, 1.807) is 7.11 Å². The Balaban J connectivity index is 1.58. The van der Waals surface area contributed by atoms with E-state index in [4.69, 9.17) is 26.2 Å². The Kier molecular flexibility index (Phi) is 4.72. The molecule has 4 nitrogen and oxygen atoms in total. The predicted molar refractivity (Wildman–Crippen MR) is 118 cm³/mol. The van der Waals surface area contributed by atoms with Gasteiger partial charge in [-0.25, -0.2) is 5.01 Å². The maximum atomic E-state index is 6.40. The first-order chi connectivity index (χ1) is 14.1. The molecular weight excluding hydrogens is 452 g/mol. The quantitative estimate of drug-likeness (QED) is 0.448. The number of methoxy groups -OCH3 is 1. The van der Waals surface area contributed by atoms with Crippen LogP contribution < -0.4 is 9.47 Å². The zero-order valence-electron chi connectivity index (χ0n) is 15.7. The van der Waals surface area contributed by atoms with E-state index in [1.807, 2.05) is 60.7 Å². The zero-order chi connectivity index (χ0) is 20.0. The highest BCUT2D eigenvalue weighted by atomic mass is 79.9. The SMILES string of the molecule is COc1ccc([C@H]2Oc3ccc(Br)cc3[C@H]3CC(c4ccc(Cl)cc4)=NN32)cc1. The molecule has 0 unspecified atom stereocenters. The molecule has 0 amide bonds. The Morgan fingerprint density at radius 3 is 2.55 bits per heavy atom. The van der Waals surface area contributed by atoms with Crippen LogP contribution in [-0.4, -0.2) is 17.8 Å². The van der Waals surface area contributed by atoms with Gasteiger partial charge in [-0.2, -0.15) is 5.10 Å². The smallest absolute Gasteiger partial charge is 0.213 e. The van der Waals surface area contributed by atoms with Crippen molar-refractivity contribution in [2.45, 2.75) is 18.7 Å². The van der Waals surface area contributed by atoms with Crippen molar-refractivity contribution in [2.75, 3.05) is 7.11 Å². The van der Waals surface area contributed by atoms with Gasteiger partial charge in [0.15, 0.2) is 0 Å². The number of fused-ring (bicyclic) bond motifs is 3. The molecule has 5 rings (SSSR count). The topological polar surface area (TPSA) is 34.1 Å². The number of ether oxygens (including phenoxy) is 2. The van der Waals surface area contributed by atoms with Crippen molar-refractivity contribution in [1.82, 2.24) is 5.01 Å². The molecule has 2 atom stereocenters. The Morgan fingerprint density at radius 1 is 1.07 bits per heavy atom. The van der Waals surface area contributed by atoms with Gasteiger partial charge >= 0.3 is 0 Å². The summed E-state index contributed by atoms with van der Waals surface area (Å²) in [7, 11) is 1.67. The number of hydrazone groups is 1. The minimum Gasteiger partial charge on any atom is -0.497 e. The largest absolute Gasteiger partial charge is 0.497 e. The van der Waals surface area contributed by atoms with Gasteiger partial charge in [0.2, 0.25) is 6.23 Å². The molecule has 0 N–H and O–H groups in total. The van der Waals surface area contributed by atoms with Gasteiger partial charge < -0.3 is 9.47 Å². The zero-order valence-corrected chi connectivity index (χ0v) is 18.0. The maximum Gasteiger partial charge on any atom is 0.213 e. The minimum absolute atomic E-state index is 0.106. The fourth-order valence-corrected chi connectivity index (χ4v) is 4.37. The lowest BCUT2D eigenvalue weighted by Crippen LogP contribution is -2.33. The monoisotopic (exact) mass is 468 g/mol. The Labute approximate surface area is 182 Å². The number of hydrogen-bond donors (Lipinski definition) is 0. The lowest BCUT2D eigenvalue weighted by atomic mass is 9.96. The molecule has 0 aromatic heterocycles. The standard InChI is InChI=1S/C23H18BrClN2O2/c1-28-18-9-4-15(5-10-18)23-27-21(19-12-16(24)6-11-22(19)29-23)13-20(26-27)14-2-7-17(25)8-3-14/h2-12,21,23H,13H2,1H3/t21-,23-/m1/s1. The summed E-state index contributed by atoms with van der Waals surface area (Å²) >= 11 is 9.66. The molecule has 2 aliphatic heterocycles. The summed E-state index contributed by atoms with van der Waals surface area (Å²) in [4.78, 5) is 0. The number of hydrogen-bond acceptors (Lipinski definition) is 4. The molecule has 0 spiro atoms. The van der Waals surface area contributed by atoms with Gasteiger partial charge in [0.25, 0.3) is 0 Å². The lowest BCUT2D eigenvalue weighted by molar-refractivity contribution is -0.0191. The van der Waals surface area contributed by atoms with Crippen molar-refractivity contribution < 1.29 is 9.47 Å². The van der Waals surface area contributed by atoms with E-state index in [2.05, 4.69) is 27.0 Å². The van der Waals surface area contributed by atoms with Crippen molar-refractivity contribution in [2.24, 2.45) is 5.10 Å². The summed E-state index contributed by atoms with van der Waals surface area (Å²) in [6, 6.07) is 22.1. The third kappa shape index (κ3) is 3.38. The summed E-state index contributed by atoms with van der Waals surface area (Å²) in [6.07, 6.45) is 0.505. The summed E-state index contributed by atoms with van der Waals surface area (Å²) < 4.78 is 12.7. The maximum absolute atomic E-state index is 6.40. The van der Waals surface area contributed by atoms with Crippen LogP contribution in [-0.2, 0) is 0 Å². The van der Waals surface area contributed by atoms with Crippen molar-refractivity contribution in [3.05, 3.63) is 92.9 Å². The van der Waals surface area contributed by atoms with Gasteiger partial charge in [0.1, 0.15) is 11.5 Å². The molecule has 6 heteroatoms. The number of rotatable bonds is 3. The van der Waals surface area contributed by atoms with Crippen LogP contribution in [0.15, 0.2) is 76.3 Å². The van der Waals surface area contributed by atoms with Crippen LogP contribution in [0.5, 0.6) is 11.5 Å². The molecule has 0 bridgehead atoms. The lowest BCUT2D eigenvalue weighted by Gasteiger charge is -2.38. The molecule has 29 heavy (non-hydrogen) atoms. The van der Waals surface area contributed by atoms with Crippen LogP contribution in [0.1, 0.15) is 35.4 Å². The second-order valence-electron chi connectivity index (χ2n) is 7.08. The number of benzene rings is 3. The normalized spacial score (nSPS) is 19.8. The highest BCUT2D eigenvalue weighted by molar-refractivity contribution is 9.10. The van der Waals surface area contributed by atoms with Crippen LogP contribution in [0.25, 0.3) is 0 Å². The summed E-state index contributed by atoms with van der Waals surface area (Å²) in [5, 5.41) is 7.77. The summed E-state index contributed by atoms with van der Waals surface area (Å²) in [5.74, 6) is 1.71. The first kappa shape index (κ1) is 18.5. The van der Waals surface area contributed by atoms with Gasteiger partial charge in [-0.15, -0.1) is 0 Å². The number of halogens is 2. The fourth-order valence-electron chi connectivity index (χ4n) is 3.86. The van der Waals surface area contributed by atoms with Crippen LogP contribution in [0.4, 0.5) is 0 Å². The Hall–Kier alpha value is -2.50. The molecule has 2 heterocycles. The highest BCUT2D eigenvalue weighted by Crippen LogP contribution is 2.48. The third-order valence-electron chi connectivity index (χ3n) is 5.33. The average molecular weight is 470 g/mol. The van der Waals surface area contributed by atoms with Crippen molar-refractivity contribution >= 4 is 33.2 Å². The van der Waals surface area contributed by atoms with E-state index < -0.39 is 0 Å². The van der Waals surface area contributed by atoms with E-state index in [-0.39, 0.29) is 12.3 Å². The van der Waals surface area contributed by atoms with Gasteiger partial charge in [-0.1, -0.05) is 39.7 Å². The second kappa shape index (κ2) is 7.39. The first-order valence-electron chi connectivity index (χ1n) is 9.34. The van der Waals surface area contributed by atoms with E-state index in [0.717, 1.165) is 49.8 Å². The third-order valence-corrected chi connectivity index (χ3v) is 6.08. The van der Waals surface area contributed by atoms with Gasteiger partial charge in [-0.3, -0.25) is 0 Å². The number of nitrogens with zero attached hydrogens (tertiary/aromatic N) is 2. The molecule has 0 fully saturated rings. The Bertz CT molecular complexity index is 1080. The molecule has 0 radical (unpaired) electrons. The molecule has 3 aromatic rings.